The number of hydrogen-bond donors (Lipinski definition) is 2. The maximum atomic E-state index is 12.5. The molecule has 1 aliphatic rings. The molecule has 2 aromatic rings. The number of guanidine groups is 1. The van der Waals surface area contributed by atoms with Crippen molar-refractivity contribution in [1.82, 2.24) is 15.5 Å². The van der Waals surface area contributed by atoms with Gasteiger partial charge in [0.15, 0.2) is 5.96 Å². The molecule has 0 atom stereocenters. The van der Waals surface area contributed by atoms with Gasteiger partial charge in [-0.05, 0) is 29.0 Å². The van der Waals surface area contributed by atoms with Crippen LogP contribution in [-0.2, 0) is 23.3 Å². The quantitative estimate of drug-likeness (QED) is 0.426. The summed E-state index contributed by atoms with van der Waals surface area (Å²) in [4.78, 5) is 20.1. The second kappa shape index (κ2) is 9.24. The van der Waals surface area contributed by atoms with E-state index in [0.717, 1.165) is 38.6 Å². The fourth-order valence-electron chi connectivity index (χ4n) is 3.39. The fraction of sp³-hybridized carbons (Fsp3) is 0.455. The molecule has 0 radical (unpaired) electrons. The van der Waals surface area contributed by atoms with Crippen LogP contribution in [0.3, 0.4) is 0 Å². The molecule has 0 saturated heterocycles. The highest BCUT2D eigenvalue weighted by atomic mass is 32.1. The van der Waals surface area contributed by atoms with E-state index in [4.69, 9.17) is 0 Å². The molecule has 0 unspecified atom stereocenters. The molecule has 6 heteroatoms. The summed E-state index contributed by atoms with van der Waals surface area (Å²) >= 11 is 1.78. The van der Waals surface area contributed by atoms with E-state index in [1.54, 1.807) is 18.4 Å². The normalized spacial score (nSPS) is 14.1. The third kappa shape index (κ3) is 5.13. The topological polar surface area (TPSA) is 56.7 Å². The van der Waals surface area contributed by atoms with Crippen molar-refractivity contribution < 1.29 is 4.79 Å². The molecule has 2 N–H and O–H groups in total. The van der Waals surface area contributed by atoms with Crippen LogP contribution in [0, 0.1) is 0 Å². The van der Waals surface area contributed by atoms with Gasteiger partial charge in [0.1, 0.15) is 0 Å². The number of nitrogens with one attached hydrogen (secondary N) is 2. The van der Waals surface area contributed by atoms with E-state index < -0.39 is 0 Å². The first-order valence-corrected chi connectivity index (χ1v) is 10.7. The molecule has 1 aliphatic heterocycles. The summed E-state index contributed by atoms with van der Waals surface area (Å²) in [5.74, 6) is 1.01. The van der Waals surface area contributed by atoms with E-state index in [-0.39, 0.29) is 11.3 Å². The first-order chi connectivity index (χ1) is 13.5. The molecule has 1 amide bonds. The number of thiophene rings is 1. The lowest BCUT2D eigenvalue weighted by atomic mass is 9.91. The van der Waals surface area contributed by atoms with E-state index in [1.165, 1.54) is 16.0 Å². The van der Waals surface area contributed by atoms with Gasteiger partial charge in [0.2, 0.25) is 5.91 Å². The molecule has 150 valence electrons. The van der Waals surface area contributed by atoms with E-state index >= 15 is 0 Å². The van der Waals surface area contributed by atoms with Gasteiger partial charge in [-0.3, -0.25) is 9.79 Å². The molecule has 1 aromatic carbocycles. The highest BCUT2D eigenvalue weighted by Crippen LogP contribution is 2.26. The second-order valence-corrected chi connectivity index (χ2v) is 8.78. The number of carbonyl (C=O) groups excluding carboxylic acids is 1. The summed E-state index contributed by atoms with van der Waals surface area (Å²) in [5.41, 5.74) is 2.59. The lowest BCUT2D eigenvalue weighted by molar-refractivity contribution is -0.131. The summed E-state index contributed by atoms with van der Waals surface area (Å²) in [6, 6.07) is 12.6. The van der Waals surface area contributed by atoms with Gasteiger partial charge in [0.25, 0.3) is 0 Å². The van der Waals surface area contributed by atoms with Crippen molar-refractivity contribution in [2.45, 2.75) is 45.2 Å². The Hall–Kier alpha value is -2.34. The molecule has 0 saturated carbocycles. The van der Waals surface area contributed by atoms with Crippen molar-refractivity contribution in [3.63, 3.8) is 0 Å². The number of benzene rings is 1. The van der Waals surface area contributed by atoms with Gasteiger partial charge in [0, 0.05) is 49.9 Å². The first kappa shape index (κ1) is 20.4. The van der Waals surface area contributed by atoms with Gasteiger partial charge in [-0.1, -0.05) is 44.2 Å². The average Bonchev–Trinajstić information content (AvgIpc) is 3.37. The maximum absolute atomic E-state index is 12.5. The number of carbonyl (C=O) groups is 1. The standard InChI is InChI=1S/C22H30N4OS/c1-22(2,19-10-7-13-28-19)16-25-21(23-3)24-12-6-11-20(27)26-14-17-8-4-5-9-18(17)15-26/h4-5,7-10,13H,6,11-12,14-16H2,1-3H3,(H2,23,24,25). The maximum Gasteiger partial charge on any atom is 0.223 e. The van der Waals surface area contributed by atoms with Gasteiger partial charge in [-0.15, -0.1) is 11.3 Å². The molecular weight excluding hydrogens is 368 g/mol. The molecule has 0 bridgehead atoms. The minimum absolute atomic E-state index is 0.0481. The Labute approximate surface area is 171 Å². The van der Waals surface area contributed by atoms with Crippen molar-refractivity contribution in [1.29, 1.82) is 0 Å². The Morgan fingerprint density at radius 1 is 1.14 bits per heavy atom. The third-order valence-electron chi connectivity index (χ3n) is 5.16. The smallest absolute Gasteiger partial charge is 0.223 e. The number of fused-ring (bicyclic) bond motifs is 1. The summed E-state index contributed by atoms with van der Waals surface area (Å²) in [5, 5.41) is 8.84. The Balaban J connectivity index is 1.36. The minimum atomic E-state index is 0.0481. The monoisotopic (exact) mass is 398 g/mol. The third-order valence-corrected chi connectivity index (χ3v) is 6.40. The molecular formula is C22H30N4OS. The zero-order valence-electron chi connectivity index (χ0n) is 17.0. The summed E-state index contributed by atoms with van der Waals surface area (Å²) in [6.45, 7) is 7.47. The summed E-state index contributed by atoms with van der Waals surface area (Å²) in [6.07, 6.45) is 1.35. The van der Waals surface area contributed by atoms with Crippen LogP contribution in [0.4, 0.5) is 0 Å². The fourth-order valence-corrected chi connectivity index (χ4v) is 4.24. The van der Waals surface area contributed by atoms with Crippen molar-refractivity contribution in [3.05, 3.63) is 57.8 Å². The molecule has 1 aromatic heterocycles. The van der Waals surface area contributed by atoms with Crippen LogP contribution < -0.4 is 10.6 Å². The molecule has 3 rings (SSSR count). The van der Waals surface area contributed by atoms with Gasteiger partial charge >= 0.3 is 0 Å². The number of aliphatic imine (C=N–C) groups is 1. The number of amides is 1. The number of hydrogen-bond acceptors (Lipinski definition) is 3. The molecule has 2 heterocycles. The van der Waals surface area contributed by atoms with Crippen molar-refractivity contribution in [2.75, 3.05) is 20.1 Å². The van der Waals surface area contributed by atoms with Crippen molar-refractivity contribution >= 4 is 23.2 Å². The number of rotatable bonds is 7. The zero-order chi connectivity index (χ0) is 20.0. The van der Waals surface area contributed by atoms with Crippen LogP contribution >= 0.6 is 11.3 Å². The van der Waals surface area contributed by atoms with Crippen LogP contribution in [0.1, 0.15) is 42.7 Å². The summed E-state index contributed by atoms with van der Waals surface area (Å²) in [7, 11) is 1.78. The second-order valence-electron chi connectivity index (χ2n) is 7.84. The van der Waals surface area contributed by atoms with E-state index in [0.29, 0.717) is 6.42 Å². The van der Waals surface area contributed by atoms with E-state index in [1.807, 2.05) is 17.0 Å². The van der Waals surface area contributed by atoms with Gasteiger partial charge < -0.3 is 15.5 Å². The van der Waals surface area contributed by atoms with Gasteiger partial charge in [-0.2, -0.15) is 0 Å². The van der Waals surface area contributed by atoms with E-state index in [9.17, 15) is 4.79 Å². The van der Waals surface area contributed by atoms with Crippen molar-refractivity contribution in [2.24, 2.45) is 4.99 Å². The lowest BCUT2D eigenvalue weighted by Gasteiger charge is -2.25. The van der Waals surface area contributed by atoms with Crippen LogP contribution in [0.2, 0.25) is 0 Å². The highest BCUT2D eigenvalue weighted by molar-refractivity contribution is 7.10. The molecule has 0 aliphatic carbocycles. The van der Waals surface area contributed by atoms with Crippen LogP contribution in [0.15, 0.2) is 46.8 Å². The predicted octanol–water partition coefficient (Wildman–Crippen LogP) is 3.51. The van der Waals surface area contributed by atoms with E-state index in [2.05, 4.69) is 59.1 Å². The highest BCUT2D eigenvalue weighted by Gasteiger charge is 2.23. The molecule has 5 nitrogen and oxygen atoms in total. The summed E-state index contributed by atoms with van der Waals surface area (Å²) < 4.78 is 0. The lowest BCUT2D eigenvalue weighted by Crippen LogP contribution is -2.43. The largest absolute Gasteiger partial charge is 0.356 e. The van der Waals surface area contributed by atoms with Crippen LogP contribution in [-0.4, -0.2) is 36.9 Å². The van der Waals surface area contributed by atoms with Crippen molar-refractivity contribution in [3.8, 4) is 0 Å². The molecule has 28 heavy (non-hydrogen) atoms. The SMILES string of the molecule is CN=C(NCCCC(=O)N1Cc2ccccc2C1)NCC(C)(C)c1cccs1. The molecule has 0 spiro atoms. The van der Waals surface area contributed by atoms with Crippen LogP contribution in [0.25, 0.3) is 0 Å². The Bertz CT molecular complexity index is 789. The predicted molar refractivity (Wildman–Crippen MR) is 117 cm³/mol. The molecule has 0 fully saturated rings. The van der Waals surface area contributed by atoms with Crippen LogP contribution in [0.5, 0.6) is 0 Å². The van der Waals surface area contributed by atoms with Gasteiger partial charge in [0.05, 0.1) is 0 Å². The Kier molecular flexibility index (Phi) is 6.73. The minimum Gasteiger partial charge on any atom is -0.356 e. The van der Waals surface area contributed by atoms with Gasteiger partial charge in [-0.25, -0.2) is 0 Å². The number of nitrogens with zero attached hydrogens (tertiary/aromatic N) is 2. The Morgan fingerprint density at radius 2 is 1.86 bits per heavy atom. The Morgan fingerprint density at radius 3 is 2.46 bits per heavy atom. The first-order valence-electron chi connectivity index (χ1n) is 9.82. The average molecular weight is 399 g/mol. The zero-order valence-corrected chi connectivity index (χ0v) is 17.8.